The molecule has 0 unspecified atom stereocenters. The van der Waals surface area contributed by atoms with E-state index in [4.69, 9.17) is 0 Å². The number of nitrogens with zero attached hydrogens (tertiary/aromatic N) is 2. The van der Waals surface area contributed by atoms with Gasteiger partial charge in [0.25, 0.3) is 5.56 Å². The minimum absolute atomic E-state index is 0.381. The molecule has 0 atom stereocenters. The van der Waals surface area contributed by atoms with Crippen molar-refractivity contribution in [1.29, 1.82) is 0 Å². The van der Waals surface area contributed by atoms with Crippen molar-refractivity contribution in [3.05, 3.63) is 45.4 Å². The molecule has 0 aliphatic heterocycles. The van der Waals surface area contributed by atoms with Crippen LogP contribution in [0.4, 0.5) is 0 Å². The minimum atomic E-state index is -0.494. The molecule has 0 aromatic carbocycles. The van der Waals surface area contributed by atoms with E-state index in [-0.39, 0.29) is 5.56 Å². The lowest BCUT2D eigenvalue weighted by atomic mass is 10.4. The number of rotatable bonds is 1. The molecule has 3 aromatic heterocycles. The molecule has 0 saturated heterocycles. The van der Waals surface area contributed by atoms with E-state index in [1.165, 1.54) is 11.3 Å². The first kappa shape index (κ1) is 9.10. The van der Waals surface area contributed by atoms with Crippen molar-refractivity contribution in [2.45, 2.75) is 0 Å². The molecule has 3 aromatic rings. The van der Waals surface area contributed by atoms with Gasteiger partial charge in [-0.25, -0.2) is 9.48 Å². The first-order valence-electron chi connectivity index (χ1n) is 4.50. The highest BCUT2D eigenvalue weighted by Gasteiger charge is 2.07. The number of aromatic amines is 2. The van der Waals surface area contributed by atoms with Crippen molar-refractivity contribution < 1.29 is 0 Å². The molecule has 6 nitrogen and oxygen atoms in total. The van der Waals surface area contributed by atoms with E-state index in [0.29, 0.717) is 10.2 Å². The summed E-state index contributed by atoms with van der Waals surface area (Å²) in [5.41, 5.74) is -0.875. The molecule has 0 fully saturated rings. The average molecular weight is 234 g/mol. The third-order valence-electron chi connectivity index (χ3n) is 2.15. The first-order valence-corrected chi connectivity index (χ1v) is 5.32. The predicted octanol–water partition coefficient (Wildman–Crippen LogP) is 0.464. The minimum Gasteiger partial charge on any atom is -0.298 e. The van der Waals surface area contributed by atoms with Gasteiger partial charge in [-0.1, -0.05) is 11.3 Å². The van der Waals surface area contributed by atoms with Gasteiger partial charge in [-0.05, 0) is 12.1 Å². The van der Waals surface area contributed by atoms with E-state index in [9.17, 15) is 9.59 Å². The lowest BCUT2D eigenvalue weighted by Crippen LogP contribution is -2.20. The van der Waals surface area contributed by atoms with Crippen LogP contribution in [0.3, 0.4) is 0 Å². The zero-order valence-corrected chi connectivity index (χ0v) is 8.75. The van der Waals surface area contributed by atoms with Gasteiger partial charge >= 0.3 is 5.69 Å². The molecule has 0 saturated carbocycles. The summed E-state index contributed by atoms with van der Waals surface area (Å²) in [6.07, 6.45) is 3.42. The Morgan fingerprint density at radius 3 is 2.94 bits per heavy atom. The Kier molecular flexibility index (Phi) is 1.80. The number of H-pyrrole nitrogens is 2. The maximum Gasteiger partial charge on any atom is 0.326 e. The molecule has 3 heterocycles. The SMILES string of the molecule is O=c1[nH]c(=O)c2cc(-n3cccn3)sc2[nH]1. The third kappa shape index (κ3) is 1.29. The molecule has 16 heavy (non-hydrogen) atoms. The Labute approximate surface area is 92.2 Å². The standard InChI is InChI=1S/C9H6N4O2S/c14-7-5-4-6(13-3-1-2-10-13)16-8(5)12-9(15)11-7/h1-4H,(H2,11,12,14,15). The van der Waals surface area contributed by atoms with E-state index in [2.05, 4.69) is 15.1 Å². The molecule has 0 amide bonds. The van der Waals surface area contributed by atoms with Gasteiger partial charge in [-0.2, -0.15) is 5.10 Å². The van der Waals surface area contributed by atoms with Gasteiger partial charge in [0.05, 0.1) is 5.39 Å². The average Bonchev–Trinajstić information content (AvgIpc) is 2.82. The quantitative estimate of drug-likeness (QED) is 0.641. The molecule has 80 valence electrons. The summed E-state index contributed by atoms with van der Waals surface area (Å²) in [5, 5.41) is 5.31. The van der Waals surface area contributed by atoms with Crippen molar-refractivity contribution in [2.24, 2.45) is 0 Å². The van der Waals surface area contributed by atoms with Gasteiger partial charge in [-0.3, -0.25) is 14.8 Å². The maximum atomic E-state index is 11.5. The predicted molar refractivity (Wildman–Crippen MR) is 60.2 cm³/mol. The fourth-order valence-electron chi connectivity index (χ4n) is 1.46. The molecule has 0 spiro atoms. The highest BCUT2D eigenvalue weighted by atomic mass is 32.1. The van der Waals surface area contributed by atoms with Crippen LogP contribution in [0.2, 0.25) is 0 Å². The number of aromatic nitrogens is 4. The molecule has 7 heteroatoms. The van der Waals surface area contributed by atoms with E-state index < -0.39 is 5.69 Å². The largest absolute Gasteiger partial charge is 0.326 e. The van der Waals surface area contributed by atoms with Crippen LogP contribution in [-0.2, 0) is 0 Å². The van der Waals surface area contributed by atoms with Gasteiger partial charge in [0.15, 0.2) is 0 Å². The normalized spacial score (nSPS) is 11.0. The van der Waals surface area contributed by atoms with Crippen LogP contribution < -0.4 is 11.2 Å². The van der Waals surface area contributed by atoms with Gasteiger partial charge in [0.1, 0.15) is 9.83 Å². The van der Waals surface area contributed by atoms with Crippen molar-refractivity contribution in [3.8, 4) is 5.00 Å². The number of nitrogens with one attached hydrogen (secondary N) is 2. The number of thiophene rings is 1. The van der Waals surface area contributed by atoms with Crippen molar-refractivity contribution in [1.82, 2.24) is 19.7 Å². The smallest absolute Gasteiger partial charge is 0.298 e. The Morgan fingerprint density at radius 2 is 2.19 bits per heavy atom. The second-order valence-electron chi connectivity index (χ2n) is 3.19. The Hall–Kier alpha value is -2.15. The Morgan fingerprint density at radius 1 is 1.31 bits per heavy atom. The molecule has 0 radical (unpaired) electrons. The van der Waals surface area contributed by atoms with Crippen LogP contribution in [0, 0.1) is 0 Å². The van der Waals surface area contributed by atoms with E-state index in [0.717, 1.165) is 5.00 Å². The summed E-state index contributed by atoms with van der Waals surface area (Å²) in [6.45, 7) is 0. The van der Waals surface area contributed by atoms with Crippen molar-refractivity contribution in [2.75, 3.05) is 0 Å². The van der Waals surface area contributed by atoms with E-state index in [1.54, 1.807) is 29.2 Å². The number of hydrogen-bond donors (Lipinski definition) is 2. The zero-order chi connectivity index (χ0) is 11.1. The van der Waals surface area contributed by atoms with Gasteiger partial charge < -0.3 is 0 Å². The molecule has 0 bridgehead atoms. The van der Waals surface area contributed by atoms with Crippen molar-refractivity contribution >= 4 is 21.6 Å². The second kappa shape index (κ2) is 3.17. The van der Waals surface area contributed by atoms with Gasteiger partial charge in [-0.15, -0.1) is 0 Å². The maximum absolute atomic E-state index is 11.5. The van der Waals surface area contributed by atoms with Crippen LogP contribution in [0.1, 0.15) is 0 Å². The summed E-state index contributed by atoms with van der Waals surface area (Å²) < 4.78 is 1.64. The van der Waals surface area contributed by atoms with Crippen LogP contribution in [0.25, 0.3) is 15.2 Å². The highest BCUT2D eigenvalue weighted by molar-refractivity contribution is 7.20. The number of fused-ring (bicyclic) bond motifs is 1. The third-order valence-corrected chi connectivity index (χ3v) is 3.19. The van der Waals surface area contributed by atoms with Gasteiger partial charge in [0.2, 0.25) is 0 Å². The Bertz CT molecular complexity index is 750. The second-order valence-corrected chi connectivity index (χ2v) is 4.22. The first-order chi connectivity index (χ1) is 7.74. The topological polar surface area (TPSA) is 83.5 Å². The fourth-order valence-corrected chi connectivity index (χ4v) is 2.45. The Balaban J connectivity index is 2.36. The zero-order valence-electron chi connectivity index (χ0n) is 7.93. The monoisotopic (exact) mass is 234 g/mol. The molecule has 0 aliphatic carbocycles. The van der Waals surface area contributed by atoms with Crippen LogP contribution >= 0.6 is 11.3 Å². The summed E-state index contributed by atoms with van der Waals surface area (Å²) in [7, 11) is 0. The van der Waals surface area contributed by atoms with Crippen molar-refractivity contribution in [3.63, 3.8) is 0 Å². The van der Waals surface area contributed by atoms with Crippen LogP contribution in [0.5, 0.6) is 0 Å². The van der Waals surface area contributed by atoms with Crippen LogP contribution in [-0.4, -0.2) is 19.7 Å². The summed E-state index contributed by atoms with van der Waals surface area (Å²) in [6, 6.07) is 3.49. The lowest BCUT2D eigenvalue weighted by molar-refractivity contribution is 0.898. The fraction of sp³-hybridized carbons (Fsp3) is 0. The molecule has 0 aliphatic rings. The lowest BCUT2D eigenvalue weighted by Gasteiger charge is -1.91. The summed E-state index contributed by atoms with van der Waals surface area (Å²) in [5.74, 6) is 0. The molecule has 2 N–H and O–H groups in total. The van der Waals surface area contributed by atoms with Crippen LogP contribution in [0.15, 0.2) is 34.1 Å². The van der Waals surface area contributed by atoms with E-state index in [1.807, 2.05) is 0 Å². The summed E-state index contributed by atoms with van der Waals surface area (Å²) in [4.78, 5) is 27.9. The summed E-state index contributed by atoms with van der Waals surface area (Å²) >= 11 is 1.31. The van der Waals surface area contributed by atoms with E-state index >= 15 is 0 Å². The number of hydrogen-bond acceptors (Lipinski definition) is 4. The van der Waals surface area contributed by atoms with Gasteiger partial charge in [0, 0.05) is 12.4 Å². The highest BCUT2D eigenvalue weighted by Crippen LogP contribution is 2.22. The molecule has 3 rings (SSSR count). The molecular formula is C9H6N4O2S. The molecular weight excluding hydrogens is 228 g/mol.